The van der Waals surface area contributed by atoms with Gasteiger partial charge in [0, 0.05) is 12.5 Å². The molecule has 0 fully saturated rings. The minimum atomic E-state index is -2.67. The minimum absolute atomic E-state index is 0.0625. The fraction of sp³-hybridized carbons (Fsp3) is 0.700. The van der Waals surface area contributed by atoms with Gasteiger partial charge in [0.05, 0.1) is 6.42 Å². The highest BCUT2D eigenvalue weighted by atomic mass is 32.2. The summed E-state index contributed by atoms with van der Waals surface area (Å²) in [5, 5.41) is 0. The number of sulfone groups is 1. The number of hydrogen-bond donors (Lipinski definition) is 0. The topological polar surface area (TPSA) is 85.3 Å². The highest BCUT2D eigenvalue weighted by Crippen LogP contribution is 1.80. The number of hydrogen-bond acceptors (Lipinski definition) is 5. The number of rotatable bonds is 2. The van der Waals surface area contributed by atoms with Gasteiger partial charge in [-0.2, -0.15) is 0 Å². The molecule has 0 spiro atoms. The van der Waals surface area contributed by atoms with Crippen LogP contribution in [-0.2, 0) is 24.2 Å². The van der Waals surface area contributed by atoms with Crippen molar-refractivity contribution in [2.75, 3.05) is 12.5 Å². The molecule has 0 aromatic rings. The number of carbonyl (C=O) groups excluding carboxylic acids is 3. The Morgan fingerprint density at radius 3 is 0.938 bits per heavy atom. The van der Waals surface area contributed by atoms with Crippen LogP contribution in [0.4, 0.5) is 0 Å². The van der Waals surface area contributed by atoms with Crippen LogP contribution >= 0.6 is 0 Å². The van der Waals surface area contributed by atoms with E-state index in [1.54, 1.807) is 0 Å². The van der Waals surface area contributed by atoms with Crippen LogP contribution in [-0.4, -0.2) is 38.3 Å². The summed E-state index contributed by atoms with van der Waals surface area (Å²) in [4.78, 5) is 29.5. The van der Waals surface area contributed by atoms with Crippen molar-refractivity contribution in [3.63, 3.8) is 0 Å². The van der Waals surface area contributed by atoms with E-state index in [0.29, 0.717) is 0 Å². The second kappa shape index (κ2) is 10.5. The van der Waals surface area contributed by atoms with Crippen molar-refractivity contribution in [2.24, 2.45) is 0 Å². The summed E-state index contributed by atoms with van der Waals surface area (Å²) < 4.78 is 19.3. The third-order valence-electron chi connectivity index (χ3n) is 0.498. The van der Waals surface area contributed by atoms with Gasteiger partial charge in [0.15, 0.2) is 0 Å². The van der Waals surface area contributed by atoms with E-state index in [2.05, 4.69) is 0 Å². The first-order valence-electron chi connectivity index (χ1n) is 4.47. The molecule has 0 heterocycles. The van der Waals surface area contributed by atoms with Crippen LogP contribution in [0.1, 0.15) is 34.1 Å². The van der Waals surface area contributed by atoms with E-state index >= 15 is 0 Å². The molecule has 0 aliphatic heterocycles. The first-order valence-corrected chi connectivity index (χ1v) is 6.77. The molecular formula is C10H20O5S. The Morgan fingerprint density at radius 1 is 0.812 bits per heavy atom. The van der Waals surface area contributed by atoms with Crippen molar-refractivity contribution < 1.29 is 22.8 Å². The Bertz CT molecular complexity index is 303. The lowest BCUT2D eigenvalue weighted by atomic mass is 10.2. The van der Waals surface area contributed by atoms with Crippen LogP contribution in [0.5, 0.6) is 0 Å². The molecule has 96 valence electrons. The van der Waals surface area contributed by atoms with E-state index in [1.165, 1.54) is 27.7 Å². The van der Waals surface area contributed by atoms with E-state index in [4.69, 9.17) is 0 Å². The standard InChI is InChI=1S/C5H8O2.C3H6O.C2H6O2S/c1-4(6)3-5(2)7;1-3(2)4;1-5(2,3)4/h3H2,1-2H3;1-2H3;1-2H3. The van der Waals surface area contributed by atoms with Crippen molar-refractivity contribution in [1.82, 2.24) is 0 Å². The van der Waals surface area contributed by atoms with E-state index < -0.39 is 9.84 Å². The van der Waals surface area contributed by atoms with E-state index in [-0.39, 0.29) is 23.8 Å². The molecular weight excluding hydrogens is 232 g/mol. The van der Waals surface area contributed by atoms with Crippen LogP contribution in [0.3, 0.4) is 0 Å². The second-order valence-corrected chi connectivity index (χ2v) is 5.92. The molecule has 0 rings (SSSR count). The molecule has 0 aliphatic carbocycles. The predicted octanol–water partition coefficient (Wildman–Crippen LogP) is 0.811. The first kappa shape index (κ1) is 20.4. The number of Topliss-reactive ketones (excluding diaryl/α,β-unsaturated/α-hetero) is 3. The molecule has 0 aromatic carbocycles. The smallest absolute Gasteiger partial charge is 0.144 e. The lowest BCUT2D eigenvalue weighted by Gasteiger charge is -1.81. The molecule has 5 nitrogen and oxygen atoms in total. The Hall–Kier alpha value is -1.04. The zero-order chi connectivity index (χ0) is 13.9. The average Bonchev–Trinajstić information content (AvgIpc) is 1.74. The van der Waals surface area contributed by atoms with Gasteiger partial charge >= 0.3 is 0 Å². The van der Waals surface area contributed by atoms with Gasteiger partial charge in [0.1, 0.15) is 27.2 Å². The largest absolute Gasteiger partial charge is 0.300 e. The molecule has 0 saturated carbocycles. The fourth-order valence-corrected chi connectivity index (χ4v) is 0.351. The molecule has 0 amide bonds. The van der Waals surface area contributed by atoms with Gasteiger partial charge in [-0.1, -0.05) is 0 Å². The maximum atomic E-state index is 10.0. The summed E-state index contributed by atoms with van der Waals surface area (Å²) in [7, 11) is -2.67. The molecule has 0 aliphatic rings. The van der Waals surface area contributed by atoms with Crippen molar-refractivity contribution in [3.05, 3.63) is 0 Å². The van der Waals surface area contributed by atoms with Crippen molar-refractivity contribution in [2.45, 2.75) is 34.1 Å². The van der Waals surface area contributed by atoms with Crippen molar-refractivity contribution in [1.29, 1.82) is 0 Å². The maximum Gasteiger partial charge on any atom is 0.144 e. The SMILES string of the molecule is CC(=O)CC(C)=O.CC(C)=O.CS(C)(=O)=O. The normalized spacial score (nSPS) is 8.88. The minimum Gasteiger partial charge on any atom is -0.300 e. The molecule has 0 radical (unpaired) electrons. The highest BCUT2D eigenvalue weighted by Gasteiger charge is 1.94. The van der Waals surface area contributed by atoms with Gasteiger partial charge in [-0.05, 0) is 27.7 Å². The van der Waals surface area contributed by atoms with Crippen LogP contribution in [0.15, 0.2) is 0 Å². The van der Waals surface area contributed by atoms with Gasteiger partial charge in [0.2, 0.25) is 0 Å². The molecule has 0 bridgehead atoms. The third kappa shape index (κ3) is 212. The summed E-state index contributed by atoms with van der Waals surface area (Å²) in [6, 6.07) is 0. The average molecular weight is 252 g/mol. The summed E-state index contributed by atoms with van der Waals surface area (Å²) >= 11 is 0. The fourth-order valence-electron chi connectivity index (χ4n) is 0.351. The highest BCUT2D eigenvalue weighted by molar-refractivity contribution is 7.89. The first-order chi connectivity index (χ1) is 6.86. The quantitative estimate of drug-likeness (QED) is 0.679. The Morgan fingerprint density at radius 2 is 0.938 bits per heavy atom. The lowest BCUT2D eigenvalue weighted by molar-refractivity contribution is -0.124. The molecule has 6 heteroatoms. The van der Waals surface area contributed by atoms with Crippen molar-refractivity contribution in [3.8, 4) is 0 Å². The molecule has 0 aromatic heterocycles. The lowest BCUT2D eigenvalue weighted by Crippen LogP contribution is -1.97. The summed E-state index contributed by atoms with van der Waals surface area (Å²) in [5.41, 5.74) is 0. The zero-order valence-corrected chi connectivity index (χ0v) is 11.5. The number of ketones is 3. The van der Waals surface area contributed by atoms with E-state index in [1.807, 2.05) is 0 Å². The van der Waals surface area contributed by atoms with E-state index in [9.17, 15) is 22.8 Å². The monoisotopic (exact) mass is 252 g/mol. The molecule has 16 heavy (non-hydrogen) atoms. The van der Waals surface area contributed by atoms with Crippen LogP contribution < -0.4 is 0 Å². The van der Waals surface area contributed by atoms with Gasteiger partial charge in [-0.15, -0.1) is 0 Å². The maximum absolute atomic E-state index is 10.0. The molecule has 0 atom stereocenters. The van der Waals surface area contributed by atoms with E-state index in [0.717, 1.165) is 12.5 Å². The third-order valence-corrected chi connectivity index (χ3v) is 0.498. The number of carbonyl (C=O) groups is 3. The van der Waals surface area contributed by atoms with Crippen LogP contribution in [0.25, 0.3) is 0 Å². The van der Waals surface area contributed by atoms with Gasteiger partial charge in [-0.25, -0.2) is 8.42 Å². The summed E-state index contributed by atoms with van der Waals surface area (Å²) in [5.74, 6) is 0.0417. The molecule has 0 N–H and O–H groups in total. The molecule has 0 saturated heterocycles. The Balaban J connectivity index is -0.000000166. The molecule has 0 unspecified atom stereocenters. The summed E-state index contributed by atoms with van der Waals surface area (Å²) in [6.45, 7) is 5.86. The van der Waals surface area contributed by atoms with Gasteiger partial charge < -0.3 is 4.79 Å². The Kier molecular flexibility index (Phi) is 13.3. The van der Waals surface area contributed by atoms with Crippen LogP contribution in [0, 0.1) is 0 Å². The zero-order valence-electron chi connectivity index (χ0n) is 10.7. The predicted molar refractivity (Wildman–Crippen MR) is 63.1 cm³/mol. The van der Waals surface area contributed by atoms with Gasteiger partial charge in [-0.3, -0.25) is 9.59 Å². The summed E-state index contributed by atoms with van der Waals surface area (Å²) in [6.07, 6.45) is 2.40. The van der Waals surface area contributed by atoms with Gasteiger partial charge in [0.25, 0.3) is 0 Å². The Labute approximate surface area is 97.1 Å². The van der Waals surface area contributed by atoms with Crippen LogP contribution in [0.2, 0.25) is 0 Å². The van der Waals surface area contributed by atoms with Crippen molar-refractivity contribution >= 4 is 27.2 Å². The second-order valence-electron chi connectivity index (χ2n) is 3.63.